The van der Waals surface area contributed by atoms with Crippen LogP contribution in [0.4, 0.5) is 5.69 Å². The largest absolute Gasteiger partial charge is 0.482 e. The van der Waals surface area contributed by atoms with E-state index in [-0.39, 0.29) is 17.9 Å². The molecule has 31 heavy (non-hydrogen) atoms. The van der Waals surface area contributed by atoms with Crippen molar-refractivity contribution in [2.45, 2.75) is 20.8 Å². The lowest BCUT2D eigenvalue weighted by Gasteiger charge is -2.09. The molecule has 0 radical (unpaired) electrons. The van der Waals surface area contributed by atoms with Gasteiger partial charge in [0.05, 0.1) is 11.4 Å². The summed E-state index contributed by atoms with van der Waals surface area (Å²) in [5, 5.41) is 2.54. The van der Waals surface area contributed by atoms with E-state index in [0.717, 1.165) is 11.1 Å². The number of nitrogens with one attached hydrogen (secondary N) is 1. The van der Waals surface area contributed by atoms with Crippen molar-refractivity contribution in [3.8, 4) is 11.4 Å². The van der Waals surface area contributed by atoms with Gasteiger partial charge in [-0.25, -0.2) is 9.48 Å². The highest BCUT2D eigenvalue weighted by Gasteiger charge is 2.19. The highest BCUT2D eigenvalue weighted by atomic mass is 16.6. The van der Waals surface area contributed by atoms with Gasteiger partial charge in [-0.3, -0.25) is 14.3 Å². The zero-order chi connectivity index (χ0) is 22.5. The molecule has 0 aliphatic rings. The van der Waals surface area contributed by atoms with Gasteiger partial charge in [-0.05, 0) is 44.5 Å². The van der Waals surface area contributed by atoms with E-state index in [9.17, 15) is 14.4 Å². The number of rotatable bonds is 7. The molecule has 0 aliphatic heterocycles. The summed E-state index contributed by atoms with van der Waals surface area (Å²) in [4.78, 5) is 37.0. The first kappa shape index (κ1) is 21.9. The van der Waals surface area contributed by atoms with Crippen molar-refractivity contribution in [2.75, 3.05) is 18.5 Å². The Balaban J connectivity index is 1.59. The summed E-state index contributed by atoms with van der Waals surface area (Å²) in [5.41, 5.74) is 3.01. The third-order valence-electron chi connectivity index (χ3n) is 4.86. The van der Waals surface area contributed by atoms with Gasteiger partial charge in [0.15, 0.2) is 13.2 Å². The standard InChI is InChI=1S/C23H25N3O5/c1-15-10-11-19(16(2)12-15)30-14-21(28)31-13-20(27)24-22-17(3)25(4)26(23(22)29)18-8-6-5-7-9-18/h5-12H,13-14H2,1-4H3,(H,24,27). The summed E-state index contributed by atoms with van der Waals surface area (Å²) in [6.45, 7) is 4.73. The Morgan fingerprint density at radius 1 is 1.00 bits per heavy atom. The molecule has 0 fully saturated rings. The van der Waals surface area contributed by atoms with Crippen LogP contribution >= 0.6 is 0 Å². The molecule has 0 unspecified atom stereocenters. The first-order valence-corrected chi connectivity index (χ1v) is 9.77. The van der Waals surface area contributed by atoms with Crippen LogP contribution in [-0.2, 0) is 21.4 Å². The molecule has 2 aromatic carbocycles. The maximum Gasteiger partial charge on any atom is 0.344 e. The van der Waals surface area contributed by atoms with Crippen LogP contribution in [0.5, 0.6) is 5.75 Å². The summed E-state index contributed by atoms with van der Waals surface area (Å²) in [5.74, 6) is -0.708. The average Bonchev–Trinajstić information content (AvgIpc) is 2.95. The van der Waals surface area contributed by atoms with Crippen LogP contribution in [0.25, 0.3) is 5.69 Å². The molecule has 0 aliphatic carbocycles. The number of esters is 1. The maximum absolute atomic E-state index is 12.8. The van der Waals surface area contributed by atoms with Crippen molar-refractivity contribution >= 4 is 17.6 Å². The number of anilines is 1. The molecule has 1 heterocycles. The van der Waals surface area contributed by atoms with Gasteiger partial charge in [0, 0.05) is 7.05 Å². The van der Waals surface area contributed by atoms with E-state index in [1.165, 1.54) is 4.68 Å². The topological polar surface area (TPSA) is 91.6 Å². The third kappa shape index (κ3) is 5.03. The summed E-state index contributed by atoms with van der Waals surface area (Å²) < 4.78 is 13.5. The molecule has 0 spiro atoms. The Kier molecular flexibility index (Phi) is 6.59. The van der Waals surface area contributed by atoms with E-state index in [1.807, 2.05) is 44.2 Å². The van der Waals surface area contributed by atoms with Gasteiger partial charge in [-0.2, -0.15) is 0 Å². The summed E-state index contributed by atoms with van der Waals surface area (Å²) in [6.07, 6.45) is 0. The molecule has 0 bridgehead atoms. The SMILES string of the molecule is Cc1ccc(OCC(=O)OCC(=O)Nc2c(C)n(C)n(-c3ccccc3)c2=O)c(C)c1. The van der Waals surface area contributed by atoms with E-state index >= 15 is 0 Å². The van der Waals surface area contributed by atoms with Gasteiger partial charge in [0.2, 0.25) is 0 Å². The smallest absolute Gasteiger partial charge is 0.344 e. The fourth-order valence-electron chi connectivity index (χ4n) is 3.17. The van der Waals surface area contributed by atoms with Crippen molar-refractivity contribution in [3.05, 3.63) is 75.7 Å². The minimum atomic E-state index is -0.679. The van der Waals surface area contributed by atoms with Crippen LogP contribution in [0, 0.1) is 20.8 Å². The van der Waals surface area contributed by atoms with Crippen LogP contribution in [-0.4, -0.2) is 34.5 Å². The quantitative estimate of drug-likeness (QED) is 0.590. The van der Waals surface area contributed by atoms with Crippen molar-refractivity contribution in [1.29, 1.82) is 0 Å². The maximum atomic E-state index is 12.8. The molecular weight excluding hydrogens is 398 g/mol. The lowest BCUT2D eigenvalue weighted by molar-refractivity contribution is -0.149. The zero-order valence-corrected chi connectivity index (χ0v) is 18.0. The van der Waals surface area contributed by atoms with Gasteiger partial charge in [0.1, 0.15) is 11.4 Å². The monoisotopic (exact) mass is 423 g/mol. The number of hydrogen-bond donors (Lipinski definition) is 1. The van der Waals surface area contributed by atoms with Crippen LogP contribution in [0.3, 0.4) is 0 Å². The Bertz CT molecular complexity index is 1160. The van der Waals surface area contributed by atoms with Gasteiger partial charge in [-0.1, -0.05) is 35.9 Å². The second-order valence-corrected chi connectivity index (χ2v) is 7.20. The molecule has 1 amide bonds. The number of ether oxygens (including phenoxy) is 2. The first-order chi connectivity index (χ1) is 14.8. The molecular formula is C23H25N3O5. The van der Waals surface area contributed by atoms with E-state index in [0.29, 0.717) is 17.1 Å². The van der Waals surface area contributed by atoms with Crippen LogP contribution in [0.2, 0.25) is 0 Å². The molecule has 0 saturated heterocycles. The van der Waals surface area contributed by atoms with E-state index in [4.69, 9.17) is 9.47 Å². The van der Waals surface area contributed by atoms with Gasteiger partial charge in [-0.15, -0.1) is 0 Å². The molecule has 8 nitrogen and oxygen atoms in total. The lowest BCUT2D eigenvalue weighted by atomic mass is 10.1. The Morgan fingerprint density at radius 3 is 2.39 bits per heavy atom. The second-order valence-electron chi connectivity index (χ2n) is 7.20. The minimum absolute atomic E-state index is 0.138. The van der Waals surface area contributed by atoms with Crippen LogP contribution in [0.1, 0.15) is 16.8 Å². The predicted octanol–water partition coefficient (Wildman–Crippen LogP) is 2.66. The minimum Gasteiger partial charge on any atom is -0.482 e. The molecule has 1 aromatic heterocycles. The molecule has 1 N–H and O–H groups in total. The number of aryl methyl sites for hydroxylation is 2. The van der Waals surface area contributed by atoms with Crippen LogP contribution in [0.15, 0.2) is 53.3 Å². The van der Waals surface area contributed by atoms with E-state index in [1.54, 1.807) is 36.9 Å². The van der Waals surface area contributed by atoms with Crippen molar-refractivity contribution in [1.82, 2.24) is 9.36 Å². The molecule has 3 aromatic rings. The van der Waals surface area contributed by atoms with Crippen molar-refractivity contribution in [2.24, 2.45) is 7.05 Å². The number of carbonyl (C=O) groups is 2. The summed E-state index contributed by atoms with van der Waals surface area (Å²) in [7, 11) is 1.73. The fraction of sp³-hybridized carbons (Fsp3) is 0.261. The first-order valence-electron chi connectivity index (χ1n) is 9.77. The fourth-order valence-corrected chi connectivity index (χ4v) is 3.17. The number of hydrogen-bond acceptors (Lipinski definition) is 5. The molecule has 0 atom stereocenters. The Hall–Kier alpha value is -3.81. The number of benzene rings is 2. The van der Waals surface area contributed by atoms with E-state index < -0.39 is 18.5 Å². The predicted molar refractivity (Wildman–Crippen MR) is 117 cm³/mol. The number of aromatic nitrogens is 2. The van der Waals surface area contributed by atoms with Gasteiger partial charge >= 0.3 is 5.97 Å². The number of amides is 1. The highest BCUT2D eigenvalue weighted by molar-refractivity contribution is 5.93. The van der Waals surface area contributed by atoms with Crippen molar-refractivity contribution in [3.63, 3.8) is 0 Å². The highest BCUT2D eigenvalue weighted by Crippen LogP contribution is 2.18. The van der Waals surface area contributed by atoms with Crippen LogP contribution < -0.4 is 15.6 Å². The lowest BCUT2D eigenvalue weighted by Crippen LogP contribution is -2.27. The average molecular weight is 423 g/mol. The third-order valence-corrected chi connectivity index (χ3v) is 4.86. The normalized spacial score (nSPS) is 10.6. The van der Waals surface area contributed by atoms with Gasteiger partial charge < -0.3 is 14.8 Å². The number of carbonyl (C=O) groups excluding carboxylic acids is 2. The van der Waals surface area contributed by atoms with Crippen molar-refractivity contribution < 1.29 is 19.1 Å². The number of para-hydroxylation sites is 1. The Morgan fingerprint density at radius 2 is 1.71 bits per heavy atom. The summed E-state index contributed by atoms with van der Waals surface area (Å²) in [6, 6.07) is 14.7. The second kappa shape index (κ2) is 9.34. The molecule has 162 valence electrons. The molecule has 0 saturated carbocycles. The molecule has 8 heteroatoms. The zero-order valence-electron chi connectivity index (χ0n) is 18.0. The number of nitrogens with zero attached hydrogens (tertiary/aromatic N) is 2. The van der Waals surface area contributed by atoms with E-state index in [2.05, 4.69) is 5.32 Å². The molecule has 3 rings (SSSR count). The van der Waals surface area contributed by atoms with Gasteiger partial charge in [0.25, 0.3) is 11.5 Å². The summed E-state index contributed by atoms with van der Waals surface area (Å²) >= 11 is 0. The Labute approximate surface area is 180 Å².